The van der Waals surface area contributed by atoms with Crippen LogP contribution >= 0.6 is 11.6 Å². The van der Waals surface area contributed by atoms with E-state index in [4.69, 9.17) is 16.7 Å². The van der Waals surface area contributed by atoms with Gasteiger partial charge in [0.25, 0.3) is 5.91 Å². The first kappa shape index (κ1) is 15.0. The fourth-order valence-electron chi connectivity index (χ4n) is 2.04. The summed E-state index contributed by atoms with van der Waals surface area (Å²) in [5.41, 5.74) is 0.628. The number of hydrogen-bond donors (Lipinski definition) is 2. The summed E-state index contributed by atoms with van der Waals surface area (Å²) in [6, 6.07) is 6.78. The van der Waals surface area contributed by atoms with Crippen LogP contribution in [0.3, 0.4) is 0 Å². The number of aromatic nitrogens is 2. The summed E-state index contributed by atoms with van der Waals surface area (Å²) in [7, 11) is 0. The molecule has 0 saturated heterocycles. The first-order valence-corrected chi connectivity index (χ1v) is 6.80. The van der Waals surface area contributed by atoms with E-state index in [1.54, 1.807) is 0 Å². The Morgan fingerprint density at radius 1 is 1.22 bits per heavy atom. The Balaban J connectivity index is 1.88. The highest BCUT2D eigenvalue weighted by Crippen LogP contribution is 2.21. The number of amides is 1. The molecule has 1 amide bonds. The van der Waals surface area contributed by atoms with Crippen LogP contribution in [-0.2, 0) is 0 Å². The molecule has 3 rings (SSSR count). The molecular weight excluding hydrogens is 325 g/mol. The molecule has 0 saturated carbocycles. The smallest absolute Gasteiger partial charge is 0.337 e. The number of carboxylic acids is 1. The van der Waals surface area contributed by atoms with Crippen LogP contribution in [0.5, 0.6) is 0 Å². The second kappa shape index (κ2) is 5.69. The molecule has 0 aliphatic carbocycles. The molecule has 0 fully saturated rings. The van der Waals surface area contributed by atoms with Crippen molar-refractivity contribution in [2.45, 2.75) is 0 Å². The predicted molar refractivity (Wildman–Crippen MR) is 81.5 cm³/mol. The molecule has 2 N–H and O–H groups in total. The molecule has 0 radical (unpaired) electrons. The standard InChI is InChI=1S/C15H9ClFN3O3/c16-11-3-2-9(5-10(11)15(22)23)18-14(21)12-7-20-6-8(17)1-4-13(20)19-12/h1-7H,(H,18,21)(H,22,23). The molecular formula is C15H9ClFN3O3. The molecule has 2 aromatic heterocycles. The van der Waals surface area contributed by atoms with Crippen LogP contribution in [0.4, 0.5) is 10.1 Å². The number of halogens is 2. The molecule has 8 heteroatoms. The van der Waals surface area contributed by atoms with E-state index in [2.05, 4.69) is 10.3 Å². The SMILES string of the molecule is O=C(Nc1ccc(Cl)c(C(=O)O)c1)c1cn2cc(F)ccc2n1. The Morgan fingerprint density at radius 3 is 2.74 bits per heavy atom. The molecule has 2 heterocycles. The summed E-state index contributed by atoms with van der Waals surface area (Å²) in [5, 5.41) is 11.6. The second-order valence-corrected chi connectivity index (χ2v) is 5.10. The Hall–Kier alpha value is -2.93. The number of rotatable bonds is 3. The third-order valence-electron chi connectivity index (χ3n) is 3.10. The maximum atomic E-state index is 13.1. The summed E-state index contributed by atoms with van der Waals surface area (Å²) in [6.07, 6.45) is 2.58. The second-order valence-electron chi connectivity index (χ2n) is 4.69. The molecule has 0 aliphatic heterocycles. The monoisotopic (exact) mass is 333 g/mol. The van der Waals surface area contributed by atoms with Crippen LogP contribution in [-0.4, -0.2) is 26.4 Å². The van der Waals surface area contributed by atoms with Gasteiger partial charge in [0.15, 0.2) is 0 Å². The summed E-state index contributed by atoms with van der Waals surface area (Å²) in [6.45, 7) is 0. The zero-order valence-corrected chi connectivity index (χ0v) is 12.2. The van der Waals surface area contributed by atoms with Crippen LogP contribution < -0.4 is 5.32 Å². The quantitative estimate of drug-likeness (QED) is 0.771. The maximum Gasteiger partial charge on any atom is 0.337 e. The van der Waals surface area contributed by atoms with Crippen molar-refractivity contribution in [1.29, 1.82) is 0 Å². The first-order chi connectivity index (χ1) is 10.9. The molecule has 6 nitrogen and oxygen atoms in total. The van der Waals surface area contributed by atoms with Crippen LogP contribution in [0.2, 0.25) is 5.02 Å². The number of carbonyl (C=O) groups excluding carboxylic acids is 1. The molecule has 23 heavy (non-hydrogen) atoms. The van der Waals surface area contributed by atoms with Gasteiger partial charge in [-0.05, 0) is 30.3 Å². The van der Waals surface area contributed by atoms with Crippen LogP contribution in [0.15, 0.2) is 42.7 Å². The predicted octanol–water partition coefficient (Wildman–Crippen LogP) is 3.08. The number of pyridine rings is 1. The van der Waals surface area contributed by atoms with Crippen molar-refractivity contribution in [3.05, 3.63) is 64.8 Å². The lowest BCUT2D eigenvalue weighted by Crippen LogP contribution is -2.13. The number of nitrogens with one attached hydrogen (secondary N) is 1. The average Bonchev–Trinajstić information content (AvgIpc) is 2.92. The average molecular weight is 334 g/mol. The van der Waals surface area contributed by atoms with E-state index in [-0.39, 0.29) is 22.0 Å². The van der Waals surface area contributed by atoms with E-state index in [1.165, 1.54) is 47.1 Å². The molecule has 0 bridgehead atoms. The molecule has 116 valence electrons. The molecule has 0 atom stereocenters. The Kier molecular flexibility index (Phi) is 3.71. The Morgan fingerprint density at radius 2 is 2.00 bits per heavy atom. The number of nitrogens with zero attached hydrogens (tertiary/aromatic N) is 2. The summed E-state index contributed by atoms with van der Waals surface area (Å²) in [5.74, 6) is -2.20. The number of hydrogen-bond acceptors (Lipinski definition) is 3. The van der Waals surface area contributed by atoms with Crippen molar-refractivity contribution in [1.82, 2.24) is 9.38 Å². The van der Waals surface area contributed by atoms with Gasteiger partial charge in [-0.1, -0.05) is 11.6 Å². The molecule has 1 aromatic carbocycles. The normalized spacial score (nSPS) is 10.7. The molecule has 0 spiro atoms. The van der Waals surface area contributed by atoms with E-state index >= 15 is 0 Å². The lowest BCUT2D eigenvalue weighted by atomic mass is 10.2. The Labute approximate surface area is 134 Å². The van der Waals surface area contributed by atoms with E-state index < -0.39 is 17.7 Å². The molecule has 3 aromatic rings. The minimum atomic E-state index is -1.20. The van der Waals surface area contributed by atoms with Gasteiger partial charge < -0.3 is 14.8 Å². The topological polar surface area (TPSA) is 83.7 Å². The van der Waals surface area contributed by atoms with Crippen molar-refractivity contribution in [3.63, 3.8) is 0 Å². The maximum absolute atomic E-state index is 13.1. The van der Waals surface area contributed by atoms with Gasteiger partial charge in [-0.2, -0.15) is 0 Å². The van der Waals surface area contributed by atoms with Gasteiger partial charge in [0.2, 0.25) is 0 Å². The fourth-order valence-corrected chi connectivity index (χ4v) is 2.23. The van der Waals surface area contributed by atoms with Crippen LogP contribution in [0.25, 0.3) is 5.65 Å². The van der Waals surface area contributed by atoms with Gasteiger partial charge in [-0.25, -0.2) is 14.2 Å². The summed E-state index contributed by atoms with van der Waals surface area (Å²) < 4.78 is 14.5. The molecule has 0 unspecified atom stereocenters. The van der Waals surface area contributed by atoms with Gasteiger partial charge in [0.05, 0.1) is 10.6 Å². The van der Waals surface area contributed by atoms with Gasteiger partial charge in [0.1, 0.15) is 17.2 Å². The number of aromatic carboxylic acids is 1. The lowest BCUT2D eigenvalue weighted by molar-refractivity contribution is 0.0696. The van der Waals surface area contributed by atoms with Crippen molar-refractivity contribution >= 4 is 34.8 Å². The van der Waals surface area contributed by atoms with E-state index in [0.717, 1.165) is 0 Å². The summed E-state index contributed by atoms with van der Waals surface area (Å²) in [4.78, 5) is 27.3. The Bertz CT molecular complexity index is 939. The number of anilines is 1. The number of imidazole rings is 1. The highest BCUT2D eigenvalue weighted by atomic mass is 35.5. The number of fused-ring (bicyclic) bond motifs is 1. The largest absolute Gasteiger partial charge is 0.478 e. The van der Waals surface area contributed by atoms with Gasteiger partial charge in [-0.15, -0.1) is 0 Å². The van der Waals surface area contributed by atoms with Crippen LogP contribution in [0.1, 0.15) is 20.8 Å². The van der Waals surface area contributed by atoms with E-state index in [1.807, 2.05) is 0 Å². The summed E-state index contributed by atoms with van der Waals surface area (Å²) >= 11 is 5.77. The van der Waals surface area contributed by atoms with Gasteiger partial charge >= 0.3 is 5.97 Å². The molecule has 0 aliphatic rings. The minimum absolute atomic E-state index is 0.0682. The van der Waals surface area contributed by atoms with E-state index in [0.29, 0.717) is 5.65 Å². The highest BCUT2D eigenvalue weighted by molar-refractivity contribution is 6.33. The van der Waals surface area contributed by atoms with Crippen molar-refractivity contribution < 1.29 is 19.1 Å². The zero-order valence-electron chi connectivity index (χ0n) is 11.5. The minimum Gasteiger partial charge on any atom is -0.478 e. The first-order valence-electron chi connectivity index (χ1n) is 6.42. The number of carbonyl (C=O) groups is 2. The van der Waals surface area contributed by atoms with E-state index in [9.17, 15) is 14.0 Å². The van der Waals surface area contributed by atoms with Crippen molar-refractivity contribution in [2.24, 2.45) is 0 Å². The van der Waals surface area contributed by atoms with Crippen molar-refractivity contribution in [3.8, 4) is 0 Å². The van der Waals surface area contributed by atoms with Crippen molar-refractivity contribution in [2.75, 3.05) is 5.32 Å². The third kappa shape index (κ3) is 3.00. The van der Waals surface area contributed by atoms with Gasteiger partial charge in [0, 0.05) is 18.1 Å². The third-order valence-corrected chi connectivity index (χ3v) is 3.43. The van der Waals surface area contributed by atoms with Gasteiger partial charge in [-0.3, -0.25) is 4.79 Å². The van der Waals surface area contributed by atoms with Crippen LogP contribution in [0, 0.1) is 5.82 Å². The number of benzene rings is 1. The lowest BCUT2D eigenvalue weighted by Gasteiger charge is -2.05. The fraction of sp³-hybridized carbons (Fsp3) is 0. The number of carboxylic acid groups (broad SMARTS) is 1. The highest BCUT2D eigenvalue weighted by Gasteiger charge is 2.14. The zero-order chi connectivity index (χ0) is 16.6.